The van der Waals surface area contributed by atoms with Gasteiger partial charge in [-0.15, -0.1) is 11.8 Å². The van der Waals surface area contributed by atoms with Crippen molar-refractivity contribution in [1.29, 1.82) is 0 Å². The second-order valence-corrected chi connectivity index (χ2v) is 10.6. The van der Waals surface area contributed by atoms with Crippen LogP contribution in [0.3, 0.4) is 0 Å². The number of carbonyl (C=O) groups excluding carboxylic acids is 1. The van der Waals surface area contributed by atoms with Gasteiger partial charge in [0.1, 0.15) is 11.5 Å². The topological polar surface area (TPSA) is 87.5 Å². The molecular weight excluding hydrogens is 497 g/mol. The Hall–Kier alpha value is -1.29. The number of methoxy groups -OCH3 is 1. The number of benzene rings is 1. The van der Waals surface area contributed by atoms with Gasteiger partial charge in [-0.05, 0) is 68.0 Å². The van der Waals surface area contributed by atoms with Gasteiger partial charge in [-0.3, -0.25) is 4.79 Å². The van der Waals surface area contributed by atoms with Crippen molar-refractivity contribution in [3.05, 3.63) is 39.5 Å². The average Bonchev–Trinajstić information content (AvgIpc) is 3.61. The fourth-order valence-electron chi connectivity index (χ4n) is 4.92. The van der Waals surface area contributed by atoms with Gasteiger partial charge in [-0.2, -0.15) is 0 Å². The normalized spacial score (nSPS) is 19.4. The van der Waals surface area contributed by atoms with Gasteiger partial charge in [0.05, 0.1) is 39.4 Å². The van der Waals surface area contributed by atoms with E-state index < -0.39 is 12.5 Å². The molecule has 0 unspecified atom stereocenters. The number of nitrogens with zero attached hydrogens (tertiary/aromatic N) is 3. The summed E-state index contributed by atoms with van der Waals surface area (Å²) in [4.78, 5) is 33.0. The van der Waals surface area contributed by atoms with E-state index in [0.717, 1.165) is 31.7 Å². The van der Waals surface area contributed by atoms with Crippen molar-refractivity contribution in [3.8, 4) is 0 Å². The molecule has 0 amide bonds. The Morgan fingerprint density at radius 2 is 1.89 bits per heavy atom. The first-order valence-corrected chi connectivity index (χ1v) is 13.2. The summed E-state index contributed by atoms with van der Waals surface area (Å²) < 4.78 is 7.02. The number of aromatic nitrogens is 2. The van der Waals surface area contributed by atoms with Gasteiger partial charge in [0.25, 0.3) is 0 Å². The maximum absolute atomic E-state index is 13.4. The molecule has 0 N–H and O–H groups in total. The average molecular weight is 524 g/mol. The van der Waals surface area contributed by atoms with E-state index in [1.165, 1.54) is 24.6 Å². The summed E-state index contributed by atoms with van der Waals surface area (Å²) in [6.45, 7) is 1.36. The maximum Gasteiger partial charge on any atom is 1.00 e. The SMILES string of the molecule is COC1CC(CN(CC2CC2)c2ccc3c(=O)c4ccc(Cl)c(SC)c4n(CC(=O)[O-])c3n2)C1.[Na+]. The minimum Gasteiger partial charge on any atom is -0.548 e. The third kappa shape index (κ3) is 5.38. The number of fused-ring (bicyclic) bond motifs is 2. The molecule has 2 fully saturated rings. The zero-order chi connectivity index (χ0) is 24.0. The second kappa shape index (κ2) is 11.0. The number of aliphatic carboxylic acids is 1. The number of carbonyl (C=O) groups is 1. The molecule has 0 bridgehead atoms. The maximum atomic E-state index is 13.4. The van der Waals surface area contributed by atoms with E-state index >= 15 is 0 Å². The molecule has 0 aliphatic heterocycles. The Morgan fingerprint density at radius 1 is 1.20 bits per heavy atom. The minimum absolute atomic E-state index is 0. The van der Waals surface area contributed by atoms with Crippen molar-refractivity contribution >= 4 is 57.1 Å². The number of ether oxygens (including phenoxy) is 1. The van der Waals surface area contributed by atoms with Crippen molar-refractivity contribution in [1.82, 2.24) is 9.55 Å². The summed E-state index contributed by atoms with van der Waals surface area (Å²) in [6.07, 6.45) is 6.66. The number of anilines is 1. The number of carboxylic acids is 1. The van der Waals surface area contributed by atoms with Gasteiger partial charge in [-0.1, -0.05) is 11.6 Å². The molecule has 0 saturated heterocycles. The fraction of sp³-hybridized carbons (Fsp3) is 0.480. The van der Waals surface area contributed by atoms with Crippen LogP contribution in [0.1, 0.15) is 25.7 Å². The molecule has 35 heavy (non-hydrogen) atoms. The summed E-state index contributed by atoms with van der Waals surface area (Å²) in [6, 6.07) is 6.99. The van der Waals surface area contributed by atoms with Crippen LogP contribution in [0.5, 0.6) is 0 Å². The molecule has 0 radical (unpaired) electrons. The quantitative estimate of drug-likeness (QED) is 0.227. The predicted molar refractivity (Wildman–Crippen MR) is 134 cm³/mol. The van der Waals surface area contributed by atoms with E-state index in [1.807, 2.05) is 12.3 Å². The zero-order valence-electron chi connectivity index (χ0n) is 20.3. The summed E-state index contributed by atoms with van der Waals surface area (Å²) in [7, 11) is 1.75. The second-order valence-electron chi connectivity index (χ2n) is 9.35. The first-order valence-electron chi connectivity index (χ1n) is 11.6. The first kappa shape index (κ1) is 26.8. The number of carboxylic acid groups (broad SMARTS) is 1. The van der Waals surface area contributed by atoms with E-state index in [-0.39, 0.29) is 35.0 Å². The van der Waals surface area contributed by atoms with Crippen LogP contribution in [0.25, 0.3) is 21.9 Å². The van der Waals surface area contributed by atoms with Crippen LogP contribution < -0.4 is 45.0 Å². The van der Waals surface area contributed by atoms with Crippen LogP contribution >= 0.6 is 23.4 Å². The Bertz CT molecular complexity index is 1320. The van der Waals surface area contributed by atoms with Crippen molar-refractivity contribution < 1.29 is 44.2 Å². The summed E-state index contributed by atoms with van der Waals surface area (Å²) in [5.41, 5.74) is 0.657. The molecule has 2 aromatic heterocycles. The Morgan fingerprint density at radius 3 is 2.51 bits per heavy atom. The number of halogens is 1. The molecule has 2 aliphatic rings. The van der Waals surface area contributed by atoms with Gasteiger partial charge in [-0.25, -0.2) is 4.98 Å². The molecule has 180 valence electrons. The van der Waals surface area contributed by atoms with Gasteiger partial charge in [0.15, 0.2) is 5.43 Å². The largest absolute Gasteiger partial charge is 1.00 e. The Balaban J connectivity index is 0.00000289. The van der Waals surface area contributed by atoms with Gasteiger partial charge in [0, 0.05) is 25.6 Å². The molecule has 2 aliphatic carbocycles. The first-order chi connectivity index (χ1) is 16.4. The Labute approximate surface area is 235 Å². The van der Waals surface area contributed by atoms with Crippen molar-refractivity contribution in [2.24, 2.45) is 11.8 Å². The van der Waals surface area contributed by atoms with Crippen LogP contribution in [0.2, 0.25) is 5.02 Å². The van der Waals surface area contributed by atoms with Crippen LogP contribution in [-0.2, 0) is 16.1 Å². The number of pyridine rings is 2. The van der Waals surface area contributed by atoms with Crippen LogP contribution in [0.4, 0.5) is 5.82 Å². The Kier molecular flexibility index (Phi) is 8.40. The predicted octanol–water partition coefficient (Wildman–Crippen LogP) is 0.320. The molecule has 0 spiro atoms. The third-order valence-electron chi connectivity index (χ3n) is 6.95. The molecule has 10 heteroatoms. The molecular formula is C25H27ClN3NaO4S. The van der Waals surface area contributed by atoms with Crippen molar-refractivity contribution in [2.45, 2.75) is 43.2 Å². The molecule has 2 heterocycles. The summed E-state index contributed by atoms with van der Waals surface area (Å²) >= 11 is 7.80. The number of hydrogen-bond acceptors (Lipinski definition) is 7. The van der Waals surface area contributed by atoms with Crippen LogP contribution in [0, 0.1) is 11.8 Å². The molecule has 1 aromatic carbocycles. The van der Waals surface area contributed by atoms with E-state index in [0.29, 0.717) is 49.8 Å². The number of rotatable bonds is 9. The summed E-state index contributed by atoms with van der Waals surface area (Å²) in [5.74, 6) is 0.698. The molecule has 2 saturated carbocycles. The van der Waals surface area contributed by atoms with Crippen molar-refractivity contribution in [3.63, 3.8) is 0 Å². The van der Waals surface area contributed by atoms with Crippen LogP contribution in [0.15, 0.2) is 34.0 Å². The smallest absolute Gasteiger partial charge is 0.548 e. The third-order valence-corrected chi connectivity index (χ3v) is 8.20. The standard InChI is InChI=1S/C25H28ClN3O4S.Na/c1-33-16-9-15(10-16)12-28(11-14-3-4-14)20-8-6-18-23(32)17-5-7-19(26)24(34-2)22(17)29(13-21(30)31)25(18)27-20;/h5-8,14-16H,3-4,9-13H2,1-2H3,(H,30,31);/q;+1/p-1. The van der Waals surface area contributed by atoms with E-state index in [9.17, 15) is 14.7 Å². The zero-order valence-corrected chi connectivity index (χ0v) is 23.8. The van der Waals surface area contributed by atoms with E-state index in [4.69, 9.17) is 21.3 Å². The molecule has 5 rings (SSSR count). The monoisotopic (exact) mass is 523 g/mol. The minimum atomic E-state index is -1.25. The number of thioether (sulfide) groups is 1. The molecule has 0 atom stereocenters. The van der Waals surface area contributed by atoms with E-state index in [2.05, 4.69) is 4.90 Å². The van der Waals surface area contributed by atoms with Gasteiger partial charge in [0.2, 0.25) is 0 Å². The van der Waals surface area contributed by atoms with Gasteiger partial charge >= 0.3 is 29.6 Å². The summed E-state index contributed by atoms with van der Waals surface area (Å²) in [5, 5.41) is 13.0. The van der Waals surface area contributed by atoms with Crippen molar-refractivity contribution in [2.75, 3.05) is 31.4 Å². The van der Waals surface area contributed by atoms with Gasteiger partial charge < -0.3 is 24.1 Å². The van der Waals surface area contributed by atoms with E-state index in [1.54, 1.807) is 29.9 Å². The molecule has 7 nitrogen and oxygen atoms in total. The molecule has 3 aromatic rings. The van der Waals surface area contributed by atoms with Crippen LogP contribution in [-0.4, -0.2) is 48.1 Å². The fourth-order valence-corrected chi connectivity index (χ4v) is 5.99. The number of hydrogen-bond donors (Lipinski definition) is 0.